The first-order valence-electron chi connectivity index (χ1n) is 9.70. The third-order valence-electron chi connectivity index (χ3n) is 4.99. The van der Waals surface area contributed by atoms with Crippen molar-refractivity contribution >= 4 is 17.5 Å². The van der Waals surface area contributed by atoms with Gasteiger partial charge >= 0.3 is 0 Å². The van der Waals surface area contributed by atoms with Crippen molar-refractivity contribution in [3.05, 3.63) is 59.4 Å². The van der Waals surface area contributed by atoms with Gasteiger partial charge in [-0.2, -0.15) is 5.10 Å². The Morgan fingerprint density at radius 3 is 2.90 bits per heavy atom. The fraction of sp³-hybridized carbons (Fsp3) is 0.300. The van der Waals surface area contributed by atoms with Crippen LogP contribution in [0.5, 0.6) is 5.75 Å². The molecule has 4 rings (SSSR count). The molecule has 3 aromatic rings. The minimum Gasteiger partial charge on any atom is -0.497 e. The van der Waals surface area contributed by atoms with Gasteiger partial charge < -0.3 is 15.0 Å². The molecule has 1 fully saturated rings. The van der Waals surface area contributed by atoms with Gasteiger partial charge in [0.2, 0.25) is 11.8 Å². The van der Waals surface area contributed by atoms with E-state index in [4.69, 9.17) is 4.74 Å². The Hall–Kier alpha value is -4.02. The predicted molar refractivity (Wildman–Crippen MR) is 110 cm³/mol. The van der Waals surface area contributed by atoms with Crippen LogP contribution in [0.2, 0.25) is 0 Å². The molecule has 0 saturated carbocycles. The Balaban J connectivity index is 1.35. The van der Waals surface area contributed by atoms with Crippen LogP contribution in [0.1, 0.15) is 6.42 Å². The SMILES string of the molecule is COc1cccc(N2CC(C(=O)NCCn3nc(-n4cncn4)ccc3=O)CC2=O)c1. The van der Waals surface area contributed by atoms with Crippen LogP contribution in [0, 0.1) is 5.92 Å². The number of aromatic nitrogens is 5. The molecule has 0 radical (unpaired) electrons. The van der Waals surface area contributed by atoms with Gasteiger partial charge in [-0.15, -0.1) is 5.10 Å². The molecule has 1 atom stereocenters. The minimum atomic E-state index is -0.468. The molecule has 2 aromatic heterocycles. The number of carbonyl (C=O) groups excluding carboxylic acids is 2. The molecule has 31 heavy (non-hydrogen) atoms. The first-order valence-corrected chi connectivity index (χ1v) is 9.70. The molecule has 1 aliphatic rings. The smallest absolute Gasteiger partial charge is 0.266 e. The summed E-state index contributed by atoms with van der Waals surface area (Å²) in [6.45, 7) is 0.682. The van der Waals surface area contributed by atoms with Crippen LogP contribution in [-0.4, -0.2) is 56.6 Å². The van der Waals surface area contributed by atoms with E-state index < -0.39 is 5.92 Å². The van der Waals surface area contributed by atoms with Crippen molar-refractivity contribution in [2.24, 2.45) is 5.92 Å². The second-order valence-electron chi connectivity index (χ2n) is 6.99. The van der Waals surface area contributed by atoms with Crippen LogP contribution in [0.15, 0.2) is 53.8 Å². The van der Waals surface area contributed by atoms with Crippen LogP contribution in [0.3, 0.4) is 0 Å². The van der Waals surface area contributed by atoms with E-state index >= 15 is 0 Å². The predicted octanol–water partition coefficient (Wildman–Crippen LogP) is 0.00190. The Kier molecular flexibility index (Phi) is 5.74. The molecule has 0 spiro atoms. The third-order valence-corrected chi connectivity index (χ3v) is 4.99. The van der Waals surface area contributed by atoms with Crippen molar-refractivity contribution in [1.29, 1.82) is 0 Å². The Bertz CT molecular complexity index is 1140. The molecule has 11 heteroatoms. The second kappa shape index (κ2) is 8.78. The summed E-state index contributed by atoms with van der Waals surface area (Å²) in [4.78, 5) is 42.5. The molecule has 1 aliphatic heterocycles. The molecule has 0 bridgehead atoms. The monoisotopic (exact) mass is 423 g/mol. The van der Waals surface area contributed by atoms with E-state index in [2.05, 4.69) is 20.5 Å². The van der Waals surface area contributed by atoms with Gasteiger partial charge in [0.15, 0.2) is 5.82 Å². The quantitative estimate of drug-likeness (QED) is 0.567. The zero-order valence-corrected chi connectivity index (χ0v) is 16.8. The summed E-state index contributed by atoms with van der Waals surface area (Å²) in [5.41, 5.74) is 0.402. The van der Waals surface area contributed by atoms with E-state index in [0.29, 0.717) is 17.3 Å². The van der Waals surface area contributed by atoms with Gasteiger partial charge in [0, 0.05) is 37.3 Å². The van der Waals surface area contributed by atoms with Gasteiger partial charge in [-0.25, -0.2) is 14.3 Å². The topological polar surface area (TPSA) is 124 Å². The average Bonchev–Trinajstić information content (AvgIpc) is 3.45. The standard InChI is InChI=1S/C20H21N7O4/c1-31-16-4-2-3-15(10-16)25-11-14(9-19(25)29)20(30)22-7-8-26-18(28)6-5-17(24-26)27-13-21-12-23-27/h2-6,10,12-14H,7-9,11H2,1H3,(H,22,30). The number of methoxy groups -OCH3 is 1. The first kappa shape index (κ1) is 20.3. The van der Waals surface area contributed by atoms with Gasteiger partial charge in [-0.05, 0) is 18.2 Å². The number of hydrogen-bond donors (Lipinski definition) is 1. The average molecular weight is 423 g/mol. The van der Waals surface area contributed by atoms with E-state index in [1.165, 1.54) is 28.1 Å². The normalized spacial score (nSPS) is 15.8. The van der Waals surface area contributed by atoms with E-state index in [9.17, 15) is 14.4 Å². The lowest BCUT2D eigenvalue weighted by molar-refractivity contribution is -0.126. The highest BCUT2D eigenvalue weighted by Gasteiger charge is 2.35. The van der Waals surface area contributed by atoms with Crippen LogP contribution >= 0.6 is 0 Å². The third kappa shape index (κ3) is 4.44. The molecule has 0 aliphatic carbocycles. The highest BCUT2D eigenvalue weighted by atomic mass is 16.5. The lowest BCUT2D eigenvalue weighted by Gasteiger charge is -2.17. The molecule has 3 heterocycles. The van der Waals surface area contributed by atoms with Gasteiger partial charge in [0.25, 0.3) is 5.56 Å². The largest absolute Gasteiger partial charge is 0.497 e. The number of ether oxygens (including phenoxy) is 1. The lowest BCUT2D eigenvalue weighted by atomic mass is 10.1. The molecule has 1 N–H and O–H groups in total. The number of nitrogens with one attached hydrogen (secondary N) is 1. The van der Waals surface area contributed by atoms with Crippen molar-refractivity contribution in [3.8, 4) is 11.6 Å². The van der Waals surface area contributed by atoms with Crippen molar-refractivity contribution in [2.45, 2.75) is 13.0 Å². The van der Waals surface area contributed by atoms with Crippen LogP contribution in [0.25, 0.3) is 5.82 Å². The van der Waals surface area contributed by atoms with Gasteiger partial charge in [-0.1, -0.05) is 6.07 Å². The zero-order valence-electron chi connectivity index (χ0n) is 16.8. The summed E-state index contributed by atoms with van der Waals surface area (Å²) in [5, 5.41) is 11.0. The molecule has 1 aromatic carbocycles. The molecule has 2 amide bonds. The van der Waals surface area contributed by atoms with E-state index in [1.54, 1.807) is 42.3 Å². The molecule has 1 unspecified atom stereocenters. The van der Waals surface area contributed by atoms with Gasteiger partial charge in [0.1, 0.15) is 18.4 Å². The number of hydrogen-bond acceptors (Lipinski definition) is 7. The Labute approximate surface area is 177 Å². The van der Waals surface area contributed by atoms with Crippen molar-refractivity contribution in [1.82, 2.24) is 29.9 Å². The van der Waals surface area contributed by atoms with Crippen molar-refractivity contribution < 1.29 is 14.3 Å². The summed E-state index contributed by atoms with van der Waals surface area (Å²) in [6.07, 6.45) is 2.97. The summed E-state index contributed by atoms with van der Waals surface area (Å²) in [5.74, 6) is 0.263. The fourth-order valence-electron chi connectivity index (χ4n) is 3.39. The van der Waals surface area contributed by atoms with Crippen molar-refractivity contribution in [3.63, 3.8) is 0 Å². The maximum atomic E-state index is 12.6. The fourth-order valence-corrected chi connectivity index (χ4v) is 3.39. The number of anilines is 1. The molecule has 160 valence electrons. The summed E-state index contributed by atoms with van der Waals surface area (Å²) in [6, 6.07) is 10.1. The molecule has 1 saturated heterocycles. The molecular formula is C20H21N7O4. The highest BCUT2D eigenvalue weighted by Crippen LogP contribution is 2.27. The van der Waals surface area contributed by atoms with E-state index in [-0.39, 0.29) is 43.4 Å². The van der Waals surface area contributed by atoms with Gasteiger partial charge in [0.05, 0.1) is 19.6 Å². The maximum Gasteiger partial charge on any atom is 0.266 e. The summed E-state index contributed by atoms with van der Waals surface area (Å²) >= 11 is 0. The minimum absolute atomic E-state index is 0.119. The van der Waals surface area contributed by atoms with Gasteiger partial charge in [-0.3, -0.25) is 14.4 Å². The molecular weight excluding hydrogens is 402 g/mol. The molecule has 11 nitrogen and oxygen atoms in total. The summed E-state index contributed by atoms with van der Waals surface area (Å²) in [7, 11) is 1.56. The Morgan fingerprint density at radius 2 is 2.13 bits per heavy atom. The van der Waals surface area contributed by atoms with Crippen LogP contribution < -0.4 is 20.5 Å². The number of rotatable bonds is 7. The maximum absolute atomic E-state index is 12.6. The number of nitrogens with zero attached hydrogens (tertiary/aromatic N) is 6. The Morgan fingerprint density at radius 1 is 1.26 bits per heavy atom. The van der Waals surface area contributed by atoms with E-state index in [0.717, 1.165) is 0 Å². The van der Waals surface area contributed by atoms with E-state index in [1.807, 2.05) is 0 Å². The lowest BCUT2D eigenvalue weighted by Crippen LogP contribution is -2.36. The first-order chi connectivity index (χ1) is 15.0. The van der Waals surface area contributed by atoms with Crippen molar-refractivity contribution in [2.75, 3.05) is 25.1 Å². The zero-order chi connectivity index (χ0) is 21.8. The van der Waals surface area contributed by atoms with Crippen LogP contribution in [0.4, 0.5) is 5.69 Å². The highest BCUT2D eigenvalue weighted by molar-refractivity contribution is 6.00. The number of benzene rings is 1. The van der Waals surface area contributed by atoms with Crippen LogP contribution in [-0.2, 0) is 16.1 Å². The number of amides is 2. The summed E-state index contributed by atoms with van der Waals surface area (Å²) < 4.78 is 7.89. The second-order valence-corrected chi connectivity index (χ2v) is 6.99. The number of carbonyl (C=O) groups is 2.